The zero-order valence-corrected chi connectivity index (χ0v) is 24.3. The zero-order valence-electron chi connectivity index (χ0n) is 24.3. The van der Waals surface area contributed by atoms with E-state index >= 15 is 0 Å². The summed E-state index contributed by atoms with van der Waals surface area (Å²) in [6, 6.07) is 7.69. The van der Waals surface area contributed by atoms with E-state index < -0.39 is 48.9 Å². The molecule has 8 heteroatoms. The highest BCUT2D eigenvalue weighted by Gasteiger charge is 2.42. The number of hydrogen-bond acceptors (Lipinski definition) is 7. The van der Waals surface area contributed by atoms with Crippen LogP contribution in [0.4, 0.5) is 0 Å². The quantitative estimate of drug-likeness (QED) is 0.275. The maximum Gasteiger partial charge on any atom is 0.347 e. The number of benzene rings is 1. The van der Waals surface area contributed by atoms with Gasteiger partial charge in [-0.05, 0) is 60.1 Å². The van der Waals surface area contributed by atoms with Gasteiger partial charge in [-0.3, -0.25) is 4.79 Å². The van der Waals surface area contributed by atoms with Crippen molar-refractivity contribution < 1.29 is 39.5 Å². The van der Waals surface area contributed by atoms with Gasteiger partial charge in [-0.2, -0.15) is 0 Å². The highest BCUT2D eigenvalue weighted by atomic mass is 16.6. The second-order valence-corrected chi connectivity index (χ2v) is 12.3. The van der Waals surface area contributed by atoms with E-state index in [1.54, 1.807) is 0 Å². The average Bonchev–Trinajstić information content (AvgIpc) is 2.85. The van der Waals surface area contributed by atoms with E-state index in [2.05, 4.69) is 33.8 Å². The maximum absolute atomic E-state index is 13.5. The molecule has 1 aromatic carbocycles. The lowest BCUT2D eigenvalue weighted by Crippen LogP contribution is -2.44. The van der Waals surface area contributed by atoms with Gasteiger partial charge in [0.25, 0.3) is 0 Å². The predicted octanol–water partition coefficient (Wildman–Crippen LogP) is 4.55. The van der Waals surface area contributed by atoms with Gasteiger partial charge in [-0.25, -0.2) is 4.79 Å². The molecule has 222 valence electrons. The Morgan fingerprint density at radius 2 is 1.82 bits per heavy atom. The predicted molar refractivity (Wildman–Crippen MR) is 152 cm³/mol. The topological polar surface area (TPSA) is 134 Å². The van der Waals surface area contributed by atoms with Crippen LogP contribution in [0.2, 0.25) is 0 Å². The van der Waals surface area contributed by atoms with E-state index in [0.717, 1.165) is 11.1 Å². The molecule has 0 unspecified atom stereocenters. The fourth-order valence-electron chi connectivity index (χ4n) is 5.95. The molecule has 0 saturated carbocycles. The molecule has 0 heterocycles. The van der Waals surface area contributed by atoms with Gasteiger partial charge in [0.15, 0.2) is 6.10 Å². The highest BCUT2D eigenvalue weighted by Crippen LogP contribution is 2.44. The van der Waals surface area contributed by atoms with Crippen molar-refractivity contribution in [3.05, 3.63) is 53.6 Å². The molecule has 40 heavy (non-hydrogen) atoms. The third-order valence-electron chi connectivity index (χ3n) is 8.03. The fraction of sp³-hybridized carbons (Fsp3) is 0.625. The lowest BCUT2D eigenvalue weighted by atomic mass is 9.66. The Kier molecular flexibility index (Phi) is 11.0. The second-order valence-electron chi connectivity index (χ2n) is 12.3. The summed E-state index contributed by atoms with van der Waals surface area (Å²) in [5, 5.41) is 39.9. The van der Waals surface area contributed by atoms with E-state index in [-0.39, 0.29) is 36.0 Å². The number of carbonyl (C=O) groups excluding carboxylic acids is 1. The number of aliphatic carboxylic acids is 1. The van der Waals surface area contributed by atoms with Crippen LogP contribution in [0, 0.1) is 17.8 Å². The van der Waals surface area contributed by atoms with Crippen molar-refractivity contribution in [2.24, 2.45) is 17.8 Å². The molecule has 0 fully saturated rings. The van der Waals surface area contributed by atoms with Gasteiger partial charge in [-0.15, -0.1) is 0 Å². The minimum absolute atomic E-state index is 0.0146. The van der Waals surface area contributed by atoms with Gasteiger partial charge in [-0.1, -0.05) is 71.0 Å². The van der Waals surface area contributed by atoms with Crippen LogP contribution in [0.1, 0.15) is 78.7 Å². The number of carboxylic acids is 1. The minimum atomic E-state index is -1.11. The Morgan fingerprint density at radius 3 is 2.48 bits per heavy atom. The van der Waals surface area contributed by atoms with E-state index in [1.807, 2.05) is 43.3 Å². The van der Waals surface area contributed by atoms with Crippen LogP contribution in [-0.4, -0.2) is 62.9 Å². The molecule has 0 bridgehead atoms. The number of carboxylic acid groups (broad SMARTS) is 1. The number of hydrogen-bond donors (Lipinski definition) is 4. The van der Waals surface area contributed by atoms with Crippen LogP contribution in [0.15, 0.2) is 48.1 Å². The first-order valence-corrected chi connectivity index (χ1v) is 14.4. The van der Waals surface area contributed by atoms with Gasteiger partial charge < -0.3 is 29.9 Å². The average molecular weight is 559 g/mol. The van der Waals surface area contributed by atoms with Crippen LogP contribution in [0.25, 0.3) is 0 Å². The minimum Gasteiger partial charge on any atom is -0.481 e. The van der Waals surface area contributed by atoms with Crippen molar-refractivity contribution in [3.63, 3.8) is 0 Å². The van der Waals surface area contributed by atoms with Crippen molar-refractivity contribution in [1.29, 1.82) is 0 Å². The maximum atomic E-state index is 13.5. The molecule has 0 aromatic heterocycles. The number of esters is 1. The lowest BCUT2D eigenvalue weighted by Gasteiger charge is -2.43. The molecule has 1 aromatic rings. The van der Waals surface area contributed by atoms with Crippen LogP contribution in [0.3, 0.4) is 0 Å². The van der Waals surface area contributed by atoms with E-state index in [9.17, 15) is 24.9 Å². The van der Waals surface area contributed by atoms with Crippen LogP contribution >= 0.6 is 0 Å². The Hall–Kier alpha value is -2.68. The number of fused-ring (bicyclic) bond motifs is 1. The van der Waals surface area contributed by atoms with Crippen molar-refractivity contribution in [1.82, 2.24) is 0 Å². The van der Waals surface area contributed by atoms with Gasteiger partial charge in [0.1, 0.15) is 11.9 Å². The molecule has 2 aliphatic carbocycles. The summed E-state index contributed by atoms with van der Waals surface area (Å²) < 4.78 is 12.3. The van der Waals surface area contributed by atoms with Crippen LogP contribution in [0.5, 0.6) is 5.75 Å². The Labute approximate surface area is 237 Å². The largest absolute Gasteiger partial charge is 0.481 e. The summed E-state index contributed by atoms with van der Waals surface area (Å²) in [7, 11) is 0. The number of para-hydroxylation sites is 1. The third kappa shape index (κ3) is 8.41. The SMILES string of the molecule is CC[C@H](Oc1ccccc1C(C)(C)C)C(=O)O[C@H]1C[C@H](O)C=C2C=C[C@@H](C)[C@H](CC[C@@H](O)C[C@@H](O)CC(=O)O)[C@H]21. The summed E-state index contributed by atoms with van der Waals surface area (Å²) in [5.74, 6) is -0.941. The molecule has 8 nitrogen and oxygen atoms in total. The van der Waals surface area contributed by atoms with Gasteiger partial charge >= 0.3 is 11.9 Å². The summed E-state index contributed by atoms with van der Waals surface area (Å²) >= 11 is 0. The van der Waals surface area contributed by atoms with Gasteiger partial charge in [0.2, 0.25) is 0 Å². The van der Waals surface area contributed by atoms with E-state index in [1.165, 1.54) is 0 Å². The number of rotatable bonds is 12. The Bertz CT molecular complexity index is 1070. The summed E-state index contributed by atoms with van der Waals surface area (Å²) in [4.78, 5) is 24.3. The second kappa shape index (κ2) is 13.8. The summed E-state index contributed by atoms with van der Waals surface area (Å²) in [6.45, 7) is 10.2. The first kappa shape index (κ1) is 31.8. The first-order chi connectivity index (χ1) is 18.8. The molecule has 2 aliphatic rings. The Balaban J connectivity index is 1.74. The number of aliphatic hydroxyl groups excluding tert-OH is 3. The molecule has 0 radical (unpaired) electrons. The number of allylic oxidation sites excluding steroid dienone is 2. The highest BCUT2D eigenvalue weighted by molar-refractivity contribution is 5.75. The zero-order chi connectivity index (χ0) is 29.6. The smallest absolute Gasteiger partial charge is 0.347 e. The molecule has 0 saturated heterocycles. The molecule has 8 atom stereocenters. The standard InChI is InChI=1S/C32H46O8/c1-6-26(39-27-10-8-7-9-25(27)32(3,4)5)31(38)40-28-17-22(34)15-20-12-11-19(2)24(30(20)28)14-13-21(33)16-23(35)18-29(36)37/h7-12,15,19,21-24,26,28,30,33-35H,6,13-14,16-18H2,1-5H3,(H,36,37)/t19-,21-,22-,23-,24+,26+,28+,30+/m1/s1. The van der Waals surface area contributed by atoms with E-state index in [0.29, 0.717) is 25.0 Å². The van der Waals surface area contributed by atoms with Gasteiger partial charge in [0, 0.05) is 12.3 Å². The van der Waals surface area contributed by atoms with Crippen LogP contribution < -0.4 is 4.74 Å². The molecule has 0 aliphatic heterocycles. The summed E-state index contributed by atoms with van der Waals surface area (Å²) in [6.07, 6.45) is 3.01. The lowest BCUT2D eigenvalue weighted by molar-refractivity contribution is -0.163. The number of carbonyl (C=O) groups is 2. The van der Waals surface area contributed by atoms with Crippen molar-refractivity contribution in [2.45, 2.75) is 109 Å². The van der Waals surface area contributed by atoms with Crippen molar-refractivity contribution >= 4 is 11.9 Å². The monoisotopic (exact) mass is 558 g/mol. The van der Waals surface area contributed by atoms with Crippen molar-refractivity contribution in [2.75, 3.05) is 0 Å². The third-order valence-corrected chi connectivity index (χ3v) is 8.03. The van der Waals surface area contributed by atoms with Gasteiger partial charge in [0.05, 0.1) is 24.7 Å². The molecule has 0 spiro atoms. The Morgan fingerprint density at radius 1 is 1.12 bits per heavy atom. The van der Waals surface area contributed by atoms with Crippen LogP contribution in [-0.2, 0) is 19.7 Å². The van der Waals surface area contributed by atoms with Crippen molar-refractivity contribution in [3.8, 4) is 5.75 Å². The number of aliphatic hydroxyl groups is 3. The van der Waals surface area contributed by atoms with E-state index in [4.69, 9.17) is 14.6 Å². The molecule has 4 N–H and O–H groups in total. The molecular weight excluding hydrogens is 512 g/mol. The molecule has 3 rings (SSSR count). The molecular formula is C32H46O8. The summed E-state index contributed by atoms with van der Waals surface area (Å²) in [5.41, 5.74) is 1.74. The molecule has 0 amide bonds. The fourth-order valence-corrected chi connectivity index (χ4v) is 5.95. The normalized spacial score (nSPS) is 26.7. The number of ether oxygens (including phenoxy) is 2. The first-order valence-electron chi connectivity index (χ1n) is 14.4.